The molecule has 2 N–H and O–H groups in total. The monoisotopic (exact) mass is 391 g/mol. The van der Waals surface area contributed by atoms with Crippen LogP contribution in [-0.4, -0.2) is 32.8 Å². The first-order valence-corrected chi connectivity index (χ1v) is 9.14. The molecule has 0 aromatic heterocycles. The predicted molar refractivity (Wildman–Crippen MR) is 107 cm³/mol. The summed E-state index contributed by atoms with van der Waals surface area (Å²) >= 11 is 0. The minimum atomic E-state index is -2.91. The molecule has 1 atom stereocenters. The molecular formula is C21H27F2N3O2. The summed E-state index contributed by atoms with van der Waals surface area (Å²) in [7, 11) is 3.10. The number of guanidine groups is 1. The van der Waals surface area contributed by atoms with Gasteiger partial charge in [-0.05, 0) is 43.0 Å². The van der Waals surface area contributed by atoms with E-state index in [4.69, 9.17) is 4.74 Å². The van der Waals surface area contributed by atoms with Crippen LogP contribution in [0.5, 0.6) is 11.5 Å². The average Bonchev–Trinajstić information content (AvgIpc) is 2.70. The third-order valence-corrected chi connectivity index (χ3v) is 4.22. The SMILES string of the molecule is CN=C(NCc1ccc(OC)c(OC(F)F)c1)NC(C)CCc1ccccc1. The molecule has 0 bridgehead atoms. The zero-order valence-electron chi connectivity index (χ0n) is 16.4. The summed E-state index contributed by atoms with van der Waals surface area (Å²) in [5.41, 5.74) is 2.07. The van der Waals surface area contributed by atoms with Crippen LogP contribution < -0.4 is 20.1 Å². The van der Waals surface area contributed by atoms with E-state index in [1.807, 2.05) is 18.2 Å². The number of benzene rings is 2. The van der Waals surface area contributed by atoms with Crippen LogP contribution in [0.2, 0.25) is 0 Å². The molecule has 0 amide bonds. The fraction of sp³-hybridized carbons (Fsp3) is 0.381. The summed E-state index contributed by atoms with van der Waals surface area (Å²) in [4.78, 5) is 4.22. The lowest BCUT2D eigenvalue weighted by atomic mass is 10.1. The molecule has 0 aliphatic heterocycles. The van der Waals surface area contributed by atoms with Gasteiger partial charge in [0.15, 0.2) is 17.5 Å². The number of rotatable bonds is 9. The number of nitrogens with one attached hydrogen (secondary N) is 2. The Bertz CT molecular complexity index is 755. The highest BCUT2D eigenvalue weighted by atomic mass is 19.3. The molecule has 0 radical (unpaired) electrons. The first kappa shape index (κ1) is 21.5. The van der Waals surface area contributed by atoms with Crippen molar-refractivity contribution in [1.82, 2.24) is 10.6 Å². The van der Waals surface area contributed by atoms with Gasteiger partial charge in [0, 0.05) is 19.6 Å². The lowest BCUT2D eigenvalue weighted by molar-refractivity contribution is -0.0512. The number of hydrogen-bond donors (Lipinski definition) is 2. The molecule has 0 aliphatic carbocycles. The topological polar surface area (TPSA) is 54.9 Å². The average molecular weight is 391 g/mol. The quantitative estimate of drug-likeness (QED) is 0.501. The Morgan fingerprint density at radius 2 is 1.82 bits per heavy atom. The van der Waals surface area contributed by atoms with Gasteiger partial charge in [-0.25, -0.2) is 0 Å². The lowest BCUT2D eigenvalue weighted by Crippen LogP contribution is -2.42. The molecule has 28 heavy (non-hydrogen) atoms. The van der Waals surface area contributed by atoms with Crippen molar-refractivity contribution >= 4 is 5.96 Å². The first-order chi connectivity index (χ1) is 13.5. The van der Waals surface area contributed by atoms with Crippen molar-refractivity contribution in [3.05, 3.63) is 59.7 Å². The molecule has 2 aromatic carbocycles. The number of methoxy groups -OCH3 is 1. The maximum absolute atomic E-state index is 12.6. The Labute approximate surface area is 164 Å². The number of halogens is 2. The number of nitrogens with zero attached hydrogens (tertiary/aromatic N) is 1. The number of alkyl halides is 2. The molecule has 0 saturated heterocycles. The zero-order chi connectivity index (χ0) is 20.4. The van der Waals surface area contributed by atoms with E-state index in [9.17, 15) is 8.78 Å². The Hall–Kier alpha value is -2.83. The van der Waals surface area contributed by atoms with Gasteiger partial charge in [0.25, 0.3) is 0 Å². The number of ether oxygens (including phenoxy) is 2. The van der Waals surface area contributed by atoms with Crippen LogP contribution in [0, 0.1) is 0 Å². The van der Waals surface area contributed by atoms with Crippen LogP contribution in [0.4, 0.5) is 8.78 Å². The van der Waals surface area contributed by atoms with Gasteiger partial charge < -0.3 is 20.1 Å². The van der Waals surface area contributed by atoms with Crippen molar-refractivity contribution < 1.29 is 18.3 Å². The predicted octanol–water partition coefficient (Wildman–Crippen LogP) is 3.98. The zero-order valence-corrected chi connectivity index (χ0v) is 16.4. The summed E-state index contributed by atoms with van der Waals surface area (Å²) in [6, 6.07) is 15.5. The van der Waals surface area contributed by atoms with Gasteiger partial charge in [-0.2, -0.15) is 8.78 Å². The standard InChI is InChI=1S/C21H27F2N3O2/c1-15(9-10-16-7-5-4-6-8-16)26-21(24-2)25-14-17-11-12-18(27-3)19(13-17)28-20(22)23/h4-8,11-13,15,20H,9-10,14H2,1-3H3,(H2,24,25,26). The van der Waals surface area contributed by atoms with E-state index in [2.05, 4.69) is 39.4 Å². The van der Waals surface area contributed by atoms with E-state index >= 15 is 0 Å². The maximum atomic E-state index is 12.6. The minimum Gasteiger partial charge on any atom is -0.493 e. The lowest BCUT2D eigenvalue weighted by Gasteiger charge is -2.18. The summed E-state index contributed by atoms with van der Waals surface area (Å²) in [6.45, 7) is -0.399. The van der Waals surface area contributed by atoms with E-state index < -0.39 is 6.61 Å². The third kappa shape index (κ3) is 7.06. The molecule has 0 spiro atoms. The fourth-order valence-corrected chi connectivity index (χ4v) is 2.73. The van der Waals surface area contributed by atoms with E-state index in [1.54, 1.807) is 19.2 Å². The van der Waals surface area contributed by atoms with Gasteiger partial charge in [-0.1, -0.05) is 36.4 Å². The van der Waals surface area contributed by atoms with Crippen LogP contribution in [0.1, 0.15) is 24.5 Å². The minimum absolute atomic E-state index is 0.0102. The number of aliphatic imine (C=N–C) groups is 1. The maximum Gasteiger partial charge on any atom is 0.387 e. The van der Waals surface area contributed by atoms with Gasteiger partial charge in [0.1, 0.15) is 0 Å². The molecule has 2 rings (SSSR count). The highest BCUT2D eigenvalue weighted by Crippen LogP contribution is 2.29. The van der Waals surface area contributed by atoms with Crippen molar-refractivity contribution in [2.45, 2.75) is 39.0 Å². The molecule has 1 unspecified atom stereocenters. The Morgan fingerprint density at radius 3 is 2.46 bits per heavy atom. The van der Waals surface area contributed by atoms with Crippen LogP contribution in [0.3, 0.4) is 0 Å². The number of aryl methyl sites for hydroxylation is 1. The molecule has 0 aliphatic rings. The molecule has 7 heteroatoms. The van der Waals surface area contributed by atoms with Crippen molar-refractivity contribution in [1.29, 1.82) is 0 Å². The van der Waals surface area contributed by atoms with E-state index in [1.165, 1.54) is 18.7 Å². The van der Waals surface area contributed by atoms with Crippen molar-refractivity contribution in [2.24, 2.45) is 4.99 Å². The van der Waals surface area contributed by atoms with E-state index in [-0.39, 0.29) is 17.5 Å². The highest BCUT2D eigenvalue weighted by molar-refractivity contribution is 5.79. The normalized spacial score (nSPS) is 12.6. The summed E-state index contributed by atoms with van der Waals surface area (Å²) in [5.74, 6) is 0.921. The molecule has 152 valence electrons. The third-order valence-electron chi connectivity index (χ3n) is 4.22. The van der Waals surface area contributed by atoms with Crippen LogP contribution >= 0.6 is 0 Å². The Balaban J connectivity index is 1.87. The van der Waals surface area contributed by atoms with Crippen LogP contribution in [0.25, 0.3) is 0 Å². The van der Waals surface area contributed by atoms with E-state index in [0.29, 0.717) is 12.5 Å². The second-order valence-corrected chi connectivity index (χ2v) is 6.36. The second kappa shape index (κ2) is 11.1. The largest absolute Gasteiger partial charge is 0.493 e. The molecule has 2 aromatic rings. The Morgan fingerprint density at radius 1 is 1.07 bits per heavy atom. The summed E-state index contributed by atoms with van der Waals surface area (Å²) < 4.78 is 34.7. The first-order valence-electron chi connectivity index (χ1n) is 9.14. The highest BCUT2D eigenvalue weighted by Gasteiger charge is 2.12. The van der Waals surface area contributed by atoms with Gasteiger partial charge >= 0.3 is 6.61 Å². The Kier molecular flexibility index (Phi) is 8.52. The fourth-order valence-electron chi connectivity index (χ4n) is 2.73. The van der Waals surface area contributed by atoms with Gasteiger partial charge in [0.2, 0.25) is 0 Å². The van der Waals surface area contributed by atoms with Crippen LogP contribution in [-0.2, 0) is 13.0 Å². The van der Waals surface area contributed by atoms with E-state index in [0.717, 1.165) is 18.4 Å². The smallest absolute Gasteiger partial charge is 0.387 e. The van der Waals surface area contributed by atoms with Gasteiger partial charge in [-0.3, -0.25) is 4.99 Å². The van der Waals surface area contributed by atoms with Gasteiger partial charge in [0.05, 0.1) is 7.11 Å². The second-order valence-electron chi connectivity index (χ2n) is 6.36. The summed E-state index contributed by atoms with van der Waals surface area (Å²) in [5, 5.41) is 6.53. The molecular weight excluding hydrogens is 364 g/mol. The molecule has 0 fully saturated rings. The number of hydrogen-bond acceptors (Lipinski definition) is 3. The molecule has 0 heterocycles. The van der Waals surface area contributed by atoms with Crippen molar-refractivity contribution in [2.75, 3.05) is 14.2 Å². The van der Waals surface area contributed by atoms with Crippen LogP contribution in [0.15, 0.2) is 53.5 Å². The van der Waals surface area contributed by atoms with Crippen molar-refractivity contribution in [3.8, 4) is 11.5 Å². The summed E-state index contributed by atoms with van der Waals surface area (Å²) in [6.07, 6.45) is 1.93. The molecule has 5 nitrogen and oxygen atoms in total. The van der Waals surface area contributed by atoms with Gasteiger partial charge in [-0.15, -0.1) is 0 Å². The van der Waals surface area contributed by atoms with Crippen molar-refractivity contribution in [3.63, 3.8) is 0 Å². The molecule has 0 saturated carbocycles.